The van der Waals surface area contributed by atoms with Gasteiger partial charge in [-0.15, -0.1) is 0 Å². The molecule has 1 aromatic rings. The van der Waals surface area contributed by atoms with Crippen LogP contribution in [0.1, 0.15) is 96.0 Å². The van der Waals surface area contributed by atoms with Crippen molar-refractivity contribution in [3.05, 3.63) is 35.6 Å². The van der Waals surface area contributed by atoms with E-state index in [0.29, 0.717) is 11.5 Å². The Labute approximate surface area is 177 Å². The van der Waals surface area contributed by atoms with Gasteiger partial charge in [-0.2, -0.15) is 0 Å². The van der Waals surface area contributed by atoms with Crippen LogP contribution in [0.25, 0.3) is 0 Å². The lowest BCUT2D eigenvalue weighted by Crippen LogP contribution is -2.20. The molecule has 3 rings (SSSR count). The molecule has 0 saturated heterocycles. The first kappa shape index (κ1) is 22.4. The molecule has 2 fully saturated rings. The van der Waals surface area contributed by atoms with E-state index in [0.717, 1.165) is 24.2 Å². The summed E-state index contributed by atoms with van der Waals surface area (Å²) in [7, 11) is 0. The van der Waals surface area contributed by atoms with Crippen LogP contribution in [0.5, 0.6) is 0 Å². The summed E-state index contributed by atoms with van der Waals surface area (Å²) in [5.74, 6) is 8.79. The SMILES string of the molecule is CCCC1CCC(CC[C@H]2CC[C@H](CC(O)C#Cc3ccccc3F)CC2)CC1. The second-order valence-corrected chi connectivity index (χ2v) is 9.64. The van der Waals surface area contributed by atoms with Crippen molar-refractivity contribution in [1.82, 2.24) is 0 Å². The van der Waals surface area contributed by atoms with Crippen LogP contribution in [0.15, 0.2) is 24.3 Å². The Morgan fingerprint density at radius 3 is 1.93 bits per heavy atom. The third kappa shape index (κ3) is 7.45. The first-order valence-corrected chi connectivity index (χ1v) is 12.1. The fourth-order valence-electron chi connectivity index (χ4n) is 5.54. The fraction of sp³-hybridized carbons (Fsp3) is 0.704. The first-order chi connectivity index (χ1) is 14.1. The normalized spacial score (nSPS) is 28.4. The minimum absolute atomic E-state index is 0.313. The summed E-state index contributed by atoms with van der Waals surface area (Å²) in [6, 6.07) is 6.51. The number of benzene rings is 1. The summed E-state index contributed by atoms with van der Waals surface area (Å²) < 4.78 is 13.6. The third-order valence-electron chi connectivity index (χ3n) is 7.42. The molecular weight excluding hydrogens is 359 g/mol. The van der Waals surface area contributed by atoms with Gasteiger partial charge < -0.3 is 5.11 Å². The molecule has 0 radical (unpaired) electrons. The largest absolute Gasteiger partial charge is 0.380 e. The van der Waals surface area contributed by atoms with Gasteiger partial charge in [0, 0.05) is 0 Å². The standard InChI is InChI=1S/C27H39FO/c1-2-5-21-8-10-22(11-9-21)12-13-23-14-16-24(17-15-23)20-26(29)19-18-25-6-3-4-7-27(25)28/h3-4,6-7,21-24,26,29H,2,5,8-17,20H2,1H3/t21?,22?,23-,24-,26?. The lowest BCUT2D eigenvalue weighted by Gasteiger charge is -2.32. The van der Waals surface area contributed by atoms with Crippen molar-refractivity contribution < 1.29 is 9.50 Å². The average Bonchev–Trinajstić information content (AvgIpc) is 2.74. The highest BCUT2D eigenvalue weighted by Gasteiger charge is 2.25. The number of aliphatic hydroxyl groups is 1. The van der Waals surface area contributed by atoms with E-state index in [1.54, 1.807) is 18.2 Å². The zero-order chi connectivity index (χ0) is 20.5. The van der Waals surface area contributed by atoms with Gasteiger partial charge in [0.1, 0.15) is 11.9 Å². The summed E-state index contributed by atoms with van der Waals surface area (Å²) in [5, 5.41) is 10.3. The Morgan fingerprint density at radius 1 is 0.862 bits per heavy atom. The monoisotopic (exact) mass is 398 g/mol. The van der Waals surface area contributed by atoms with Crippen LogP contribution in [-0.2, 0) is 0 Å². The summed E-state index contributed by atoms with van der Waals surface area (Å²) in [6.07, 6.45) is 16.6. The van der Waals surface area contributed by atoms with E-state index in [4.69, 9.17) is 0 Å². The quantitative estimate of drug-likeness (QED) is 0.485. The van der Waals surface area contributed by atoms with E-state index in [1.807, 2.05) is 0 Å². The maximum absolute atomic E-state index is 13.6. The van der Waals surface area contributed by atoms with Gasteiger partial charge in [0.25, 0.3) is 0 Å². The highest BCUT2D eigenvalue weighted by Crippen LogP contribution is 2.38. The maximum atomic E-state index is 13.6. The van der Waals surface area contributed by atoms with Crippen molar-refractivity contribution in [2.45, 2.75) is 96.5 Å². The summed E-state index contributed by atoms with van der Waals surface area (Å²) in [5.41, 5.74) is 0.374. The molecule has 1 unspecified atom stereocenters. The van der Waals surface area contributed by atoms with Crippen LogP contribution < -0.4 is 0 Å². The number of aliphatic hydroxyl groups excluding tert-OH is 1. The van der Waals surface area contributed by atoms with Gasteiger partial charge in [-0.3, -0.25) is 0 Å². The lowest BCUT2D eigenvalue weighted by atomic mass is 9.74. The molecule has 2 aliphatic carbocycles. The summed E-state index contributed by atoms with van der Waals surface area (Å²) in [4.78, 5) is 0. The molecule has 1 atom stereocenters. The minimum atomic E-state index is -0.644. The van der Waals surface area contributed by atoms with Crippen molar-refractivity contribution in [2.75, 3.05) is 0 Å². The topological polar surface area (TPSA) is 20.2 Å². The molecule has 2 saturated carbocycles. The van der Waals surface area contributed by atoms with Crippen molar-refractivity contribution >= 4 is 0 Å². The molecular formula is C27H39FO. The molecule has 2 aliphatic rings. The molecule has 1 nitrogen and oxygen atoms in total. The van der Waals surface area contributed by atoms with Crippen LogP contribution in [0.3, 0.4) is 0 Å². The smallest absolute Gasteiger partial charge is 0.138 e. The van der Waals surface area contributed by atoms with E-state index < -0.39 is 6.10 Å². The predicted molar refractivity (Wildman–Crippen MR) is 119 cm³/mol. The number of halogens is 1. The Bertz CT molecular complexity index is 657. The number of hydrogen-bond donors (Lipinski definition) is 1. The average molecular weight is 399 g/mol. The highest BCUT2D eigenvalue weighted by atomic mass is 19.1. The zero-order valence-corrected chi connectivity index (χ0v) is 18.2. The predicted octanol–water partition coefficient (Wildman–Crippen LogP) is 7.12. The summed E-state index contributed by atoms with van der Waals surface area (Å²) in [6.45, 7) is 2.32. The molecule has 0 heterocycles. The Kier molecular flexibility index (Phi) is 9.06. The van der Waals surface area contributed by atoms with E-state index in [1.165, 1.54) is 83.1 Å². The Balaban J connectivity index is 1.32. The fourth-order valence-corrected chi connectivity index (χ4v) is 5.54. The lowest BCUT2D eigenvalue weighted by molar-refractivity contribution is 0.157. The van der Waals surface area contributed by atoms with Gasteiger partial charge in [-0.1, -0.05) is 108 Å². The van der Waals surface area contributed by atoms with Gasteiger partial charge >= 0.3 is 0 Å². The minimum Gasteiger partial charge on any atom is -0.380 e. The number of rotatable bonds is 7. The van der Waals surface area contributed by atoms with Crippen LogP contribution in [0.2, 0.25) is 0 Å². The van der Waals surface area contributed by atoms with Gasteiger partial charge in [0.05, 0.1) is 5.56 Å². The van der Waals surface area contributed by atoms with Crippen LogP contribution in [-0.4, -0.2) is 11.2 Å². The van der Waals surface area contributed by atoms with E-state index in [-0.39, 0.29) is 5.82 Å². The van der Waals surface area contributed by atoms with Crippen LogP contribution >= 0.6 is 0 Å². The van der Waals surface area contributed by atoms with Gasteiger partial charge in [0.15, 0.2) is 0 Å². The highest BCUT2D eigenvalue weighted by molar-refractivity contribution is 5.35. The molecule has 2 heteroatoms. The molecule has 0 aromatic heterocycles. The number of hydrogen-bond acceptors (Lipinski definition) is 1. The van der Waals surface area contributed by atoms with Crippen LogP contribution in [0.4, 0.5) is 4.39 Å². The van der Waals surface area contributed by atoms with Crippen molar-refractivity contribution in [3.8, 4) is 11.8 Å². The van der Waals surface area contributed by atoms with E-state index in [9.17, 15) is 9.50 Å². The van der Waals surface area contributed by atoms with Gasteiger partial charge in [-0.05, 0) is 42.2 Å². The Hall–Kier alpha value is -1.33. The van der Waals surface area contributed by atoms with Crippen molar-refractivity contribution in [1.29, 1.82) is 0 Å². The molecule has 0 bridgehead atoms. The molecule has 1 N–H and O–H groups in total. The zero-order valence-electron chi connectivity index (χ0n) is 18.2. The van der Waals surface area contributed by atoms with Gasteiger partial charge in [0.2, 0.25) is 0 Å². The molecule has 160 valence electrons. The van der Waals surface area contributed by atoms with E-state index >= 15 is 0 Å². The third-order valence-corrected chi connectivity index (χ3v) is 7.42. The molecule has 29 heavy (non-hydrogen) atoms. The molecule has 0 aliphatic heterocycles. The second-order valence-electron chi connectivity index (χ2n) is 9.64. The molecule has 0 spiro atoms. The second kappa shape index (κ2) is 11.8. The van der Waals surface area contributed by atoms with E-state index in [2.05, 4.69) is 18.8 Å². The van der Waals surface area contributed by atoms with Crippen molar-refractivity contribution in [2.24, 2.45) is 23.7 Å². The first-order valence-electron chi connectivity index (χ1n) is 12.1. The Morgan fingerprint density at radius 2 is 1.38 bits per heavy atom. The summed E-state index contributed by atoms with van der Waals surface area (Å²) >= 11 is 0. The molecule has 0 amide bonds. The van der Waals surface area contributed by atoms with Crippen molar-refractivity contribution in [3.63, 3.8) is 0 Å². The molecule has 1 aromatic carbocycles. The van der Waals surface area contributed by atoms with Crippen LogP contribution in [0, 0.1) is 41.3 Å². The van der Waals surface area contributed by atoms with Gasteiger partial charge in [-0.25, -0.2) is 4.39 Å². The maximum Gasteiger partial charge on any atom is 0.138 e.